The van der Waals surface area contributed by atoms with E-state index in [-0.39, 0.29) is 5.60 Å². The van der Waals surface area contributed by atoms with Gasteiger partial charge in [-0.3, -0.25) is 4.90 Å². The Hall–Kier alpha value is -1.26. The molecule has 1 spiro atoms. The molecule has 1 fully saturated rings. The van der Waals surface area contributed by atoms with Gasteiger partial charge in [0.2, 0.25) is 0 Å². The third-order valence-corrected chi connectivity index (χ3v) is 4.66. The van der Waals surface area contributed by atoms with Gasteiger partial charge in [-0.15, -0.1) is 0 Å². The summed E-state index contributed by atoms with van der Waals surface area (Å²) in [5, 5.41) is 0. The van der Waals surface area contributed by atoms with Crippen molar-refractivity contribution < 1.29 is 9.47 Å². The van der Waals surface area contributed by atoms with E-state index >= 15 is 0 Å². The third kappa shape index (κ3) is 3.23. The molecule has 0 amide bonds. The van der Waals surface area contributed by atoms with Crippen LogP contribution in [0.1, 0.15) is 32.3 Å². The molecule has 22 heavy (non-hydrogen) atoms. The summed E-state index contributed by atoms with van der Waals surface area (Å²) in [5.74, 6) is 2.55. The summed E-state index contributed by atoms with van der Waals surface area (Å²) in [6.07, 6.45) is 3.21. The first-order chi connectivity index (χ1) is 10.6. The SMILES string of the molecule is CC(C)COc1cccc2c1CCC1(CCN(CCN)C1)O2. The van der Waals surface area contributed by atoms with Crippen molar-refractivity contribution in [1.29, 1.82) is 0 Å². The smallest absolute Gasteiger partial charge is 0.127 e. The topological polar surface area (TPSA) is 47.7 Å². The van der Waals surface area contributed by atoms with Crippen molar-refractivity contribution in [2.45, 2.75) is 38.7 Å². The van der Waals surface area contributed by atoms with E-state index in [9.17, 15) is 0 Å². The van der Waals surface area contributed by atoms with Gasteiger partial charge in [0.25, 0.3) is 0 Å². The number of nitrogens with two attached hydrogens (primary N) is 1. The third-order valence-electron chi connectivity index (χ3n) is 4.66. The van der Waals surface area contributed by atoms with Gasteiger partial charge in [0.05, 0.1) is 6.61 Å². The second kappa shape index (κ2) is 6.47. The molecule has 0 bridgehead atoms. The van der Waals surface area contributed by atoms with Crippen LogP contribution in [0.2, 0.25) is 0 Å². The molecule has 1 aromatic rings. The Balaban J connectivity index is 1.73. The first-order valence-electron chi connectivity index (χ1n) is 8.48. The highest BCUT2D eigenvalue weighted by Gasteiger charge is 2.42. The fourth-order valence-corrected chi connectivity index (χ4v) is 3.50. The molecule has 3 rings (SSSR count). The van der Waals surface area contributed by atoms with E-state index in [4.69, 9.17) is 15.2 Å². The summed E-state index contributed by atoms with van der Waals surface area (Å²) in [6, 6.07) is 6.20. The van der Waals surface area contributed by atoms with Crippen LogP contribution in [0.5, 0.6) is 11.5 Å². The maximum Gasteiger partial charge on any atom is 0.127 e. The molecular formula is C18H28N2O2. The second-order valence-corrected chi connectivity index (χ2v) is 7.04. The highest BCUT2D eigenvalue weighted by Crippen LogP contribution is 2.42. The van der Waals surface area contributed by atoms with Crippen molar-refractivity contribution in [2.75, 3.05) is 32.8 Å². The lowest BCUT2D eigenvalue weighted by Crippen LogP contribution is -2.43. The monoisotopic (exact) mass is 304 g/mol. The molecule has 0 aliphatic carbocycles. The number of hydrogen-bond acceptors (Lipinski definition) is 4. The van der Waals surface area contributed by atoms with Gasteiger partial charge in [-0.2, -0.15) is 0 Å². The molecule has 0 aromatic heterocycles. The van der Waals surface area contributed by atoms with Crippen LogP contribution in [-0.2, 0) is 6.42 Å². The van der Waals surface area contributed by atoms with Crippen molar-refractivity contribution in [3.05, 3.63) is 23.8 Å². The molecular weight excluding hydrogens is 276 g/mol. The van der Waals surface area contributed by atoms with Crippen molar-refractivity contribution >= 4 is 0 Å². The van der Waals surface area contributed by atoms with E-state index in [0.29, 0.717) is 5.92 Å². The number of rotatable bonds is 5. The molecule has 1 saturated heterocycles. The van der Waals surface area contributed by atoms with Gasteiger partial charge in [-0.1, -0.05) is 19.9 Å². The summed E-state index contributed by atoms with van der Waals surface area (Å²) in [5.41, 5.74) is 6.91. The largest absolute Gasteiger partial charge is 0.493 e. The Morgan fingerprint density at radius 2 is 2.23 bits per heavy atom. The van der Waals surface area contributed by atoms with E-state index in [0.717, 1.165) is 63.5 Å². The zero-order chi connectivity index (χ0) is 15.6. The van der Waals surface area contributed by atoms with Crippen LogP contribution in [0.25, 0.3) is 0 Å². The van der Waals surface area contributed by atoms with Crippen LogP contribution in [0, 0.1) is 5.92 Å². The average Bonchev–Trinajstić information content (AvgIpc) is 2.87. The summed E-state index contributed by atoms with van der Waals surface area (Å²) in [6.45, 7) is 8.88. The molecule has 1 unspecified atom stereocenters. The molecule has 2 N–H and O–H groups in total. The van der Waals surface area contributed by atoms with Gasteiger partial charge in [-0.25, -0.2) is 0 Å². The number of benzene rings is 1. The number of nitrogens with zero attached hydrogens (tertiary/aromatic N) is 1. The lowest BCUT2D eigenvalue weighted by atomic mass is 9.90. The Labute approximate surface area is 133 Å². The van der Waals surface area contributed by atoms with Gasteiger partial charge in [0, 0.05) is 38.2 Å². The Morgan fingerprint density at radius 3 is 3.00 bits per heavy atom. The molecule has 122 valence electrons. The molecule has 4 heteroatoms. The summed E-state index contributed by atoms with van der Waals surface area (Å²) < 4.78 is 12.4. The van der Waals surface area contributed by atoms with Gasteiger partial charge < -0.3 is 15.2 Å². The maximum absolute atomic E-state index is 6.44. The maximum atomic E-state index is 6.44. The molecule has 1 atom stereocenters. The predicted octanol–water partition coefficient (Wildman–Crippen LogP) is 2.45. The van der Waals surface area contributed by atoms with Gasteiger partial charge in [0.1, 0.15) is 17.1 Å². The van der Waals surface area contributed by atoms with Gasteiger partial charge >= 0.3 is 0 Å². The quantitative estimate of drug-likeness (QED) is 0.908. The van der Waals surface area contributed by atoms with Crippen LogP contribution in [0.3, 0.4) is 0 Å². The fourth-order valence-electron chi connectivity index (χ4n) is 3.50. The first-order valence-corrected chi connectivity index (χ1v) is 8.48. The van der Waals surface area contributed by atoms with Gasteiger partial charge in [0.15, 0.2) is 0 Å². The molecule has 2 aliphatic rings. The number of hydrogen-bond donors (Lipinski definition) is 1. The van der Waals surface area contributed by atoms with E-state index < -0.39 is 0 Å². The number of likely N-dealkylation sites (tertiary alicyclic amines) is 1. The molecule has 2 aliphatic heterocycles. The van der Waals surface area contributed by atoms with Crippen molar-refractivity contribution in [1.82, 2.24) is 4.90 Å². The van der Waals surface area contributed by atoms with Crippen molar-refractivity contribution in [3.63, 3.8) is 0 Å². The zero-order valence-electron chi connectivity index (χ0n) is 13.8. The Bertz CT molecular complexity index is 518. The van der Waals surface area contributed by atoms with E-state index in [2.05, 4.69) is 30.9 Å². The minimum atomic E-state index is -0.0150. The van der Waals surface area contributed by atoms with Crippen LogP contribution in [0.4, 0.5) is 0 Å². The minimum Gasteiger partial charge on any atom is -0.493 e. The summed E-state index contributed by atoms with van der Waals surface area (Å²) >= 11 is 0. The van der Waals surface area contributed by atoms with Gasteiger partial charge in [-0.05, 0) is 30.9 Å². The van der Waals surface area contributed by atoms with Crippen LogP contribution in [-0.4, -0.2) is 43.3 Å². The summed E-state index contributed by atoms with van der Waals surface area (Å²) in [4.78, 5) is 2.42. The Kier molecular flexibility index (Phi) is 4.59. The van der Waals surface area contributed by atoms with Crippen LogP contribution >= 0.6 is 0 Å². The molecule has 0 radical (unpaired) electrons. The van der Waals surface area contributed by atoms with Crippen LogP contribution < -0.4 is 15.2 Å². The van der Waals surface area contributed by atoms with E-state index in [1.807, 2.05) is 6.07 Å². The highest BCUT2D eigenvalue weighted by molar-refractivity contribution is 5.46. The average molecular weight is 304 g/mol. The molecule has 1 aromatic carbocycles. The molecule has 4 nitrogen and oxygen atoms in total. The number of fused-ring (bicyclic) bond motifs is 1. The molecule has 0 saturated carbocycles. The van der Waals surface area contributed by atoms with Crippen molar-refractivity contribution in [3.8, 4) is 11.5 Å². The normalized spacial score (nSPS) is 24.5. The lowest BCUT2D eigenvalue weighted by molar-refractivity contribution is 0.0537. The van der Waals surface area contributed by atoms with Crippen molar-refractivity contribution in [2.24, 2.45) is 11.7 Å². The summed E-state index contributed by atoms with van der Waals surface area (Å²) in [7, 11) is 0. The van der Waals surface area contributed by atoms with E-state index in [1.165, 1.54) is 5.56 Å². The van der Waals surface area contributed by atoms with E-state index in [1.54, 1.807) is 0 Å². The number of ether oxygens (including phenoxy) is 2. The minimum absolute atomic E-state index is 0.0150. The first kappa shape index (κ1) is 15.6. The second-order valence-electron chi connectivity index (χ2n) is 7.04. The van der Waals surface area contributed by atoms with Crippen LogP contribution in [0.15, 0.2) is 18.2 Å². The zero-order valence-corrected chi connectivity index (χ0v) is 13.8. The Morgan fingerprint density at radius 1 is 1.36 bits per heavy atom. The standard InChI is InChI=1S/C18H28N2O2/c1-14(2)12-21-16-4-3-5-17-15(16)6-7-18(22-17)8-10-20(13-18)11-9-19/h3-5,14H,6-13,19H2,1-2H3. The lowest BCUT2D eigenvalue weighted by Gasteiger charge is -2.36. The fraction of sp³-hybridized carbons (Fsp3) is 0.667. The molecule has 2 heterocycles. The highest BCUT2D eigenvalue weighted by atomic mass is 16.5. The predicted molar refractivity (Wildman–Crippen MR) is 88.6 cm³/mol.